The number of anilines is 1. The highest BCUT2D eigenvalue weighted by Crippen LogP contribution is 2.23. The lowest BCUT2D eigenvalue weighted by molar-refractivity contribution is -0.116. The predicted molar refractivity (Wildman–Crippen MR) is 133 cm³/mol. The van der Waals surface area contributed by atoms with E-state index in [-0.39, 0.29) is 18.0 Å². The zero-order valence-electron chi connectivity index (χ0n) is 17.4. The third kappa shape index (κ3) is 3.39. The van der Waals surface area contributed by atoms with E-state index in [0.717, 1.165) is 33.2 Å². The molecule has 160 valence electrons. The zero-order valence-corrected chi connectivity index (χ0v) is 18.3. The molecular formula is C26H18N4O2S. The Balaban J connectivity index is 1.42. The number of para-hydroxylation sites is 4. The van der Waals surface area contributed by atoms with Crippen molar-refractivity contribution in [2.75, 3.05) is 5.32 Å². The fraction of sp³-hybridized carbons (Fsp3) is 0.0385. The van der Waals surface area contributed by atoms with Crippen molar-refractivity contribution in [3.05, 3.63) is 106 Å². The number of benzene rings is 3. The molecule has 0 unspecified atom stereocenters. The molecule has 6 aromatic rings. The van der Waals surface area contributed by atoms with Crippen LogP contribution in [0.15, 0.2) is 89.9 Å². The minimum Gasteiger partial charge on any atom is -0.337 e. The molecule has 3 aromatic carbocycles. The molecule has 0 aliphatic rings. The van der Waals surface area contributed by atoms with E-state index in [2.05, 4.69) is 10.3 Å². The van der Waals surface area contributed by atoms with Crippen LogP contribution in [0.2, 0.25) is 0 Å². The van der Waals surface area contributed by atoms with Crippen molar-refractivity contribution >= 4 is 55.9 Å². The number of aromatic nitrogens is 3. The number of thiazole rings is 1. The Morgan fingerprint density at radius 1 is 0.939 bits per heavy atom. The summed E-state index contributed by atoms with van der Waals surface area (Å²) in [5, 5.41) is 3.91. The van der Waals surface area contributed by atoms with Gasteiger partial charge in [0.1, 0.15) is 6.54 Å². The van der Waals surface area contributed by atoms with Crippen LogP contribution >= 0.6 is 11.3 Å². The van der Waals surface area contributed by atoms with E-state index < -0.39 is 0 Å². The lowest BCUT2D eigenvalue weighted by Crippen LogP contribution is -2.22. The van der Waals surface area contributed by atoms with Crippen molar-refractivity contribution in [1.82, 2.24) is 14.0 Å². The van der Waals surface area contributed by atoms with Gasteiger partial charge in [-0.1, -0.05) is 59.9 Å². The Morgan fingerprint density at radius 3 is 2.52 bits per heavy atom. The summed E-state index contributed by atoms with van der Waals surface area (Å²) < 4.78 is 4.19. The standard InChI is InChI=1S/C26H18N4O2S/c31-24(27-18-8-2-1-3-9-18)16-29-15-17(19-10-4-6-12-21(19)29)14-23-25(32)30-22-13-7-5-11-20(22)28-26(30)33-23/h1-15H,16H2,(H,27,31). The lowest BCUT2D eigenvalue weighted by Gasteiger charge is -2.07. The van der Waals surface area contributed by atoms with Crippen molar-refractivity contribution in [3.63, 3.8) is 0 Å². The predicted octanol–water partition coefficient (Wildman–Crippen LogP) is 4.05. The highest BCUT2D eigenvalue weighted by Gasteiger charge is 2.13. The van der Waals surface area contributed by atoms with Crippen LogP contribution in [0.1, 0.15) is 5.56 Å². The van der Waals surface area contributed by atoms with E-state index >= 15 is 0 Å². The number of carbonyl (C=O) groups is 1. The van der Waals surface area contributed by atoms with Crippen LogP contribution in [0.5, 0.6) is 0 Å². The van der Waals surface area contributed by atoms with Crippen LogP contribution < -0.4 is 15.4 Å². The number of hydrogen-bond donors (Lipinski definition) is 1. The third-order valence-corrected chi connectivity index (χ3v) is 6.59. The Bertz CT molecular complexity index is 1760. The molecule has 0 spiro atoms. The summed E-state index contributed by atoms with van der Waals surface area (Å²) in [7, 11) is 0. The van der Waals surface area contributed by atoms with Gasteiger partial charge in [-0.25, -0.2) is 9.38 Å². The van der Waals surface area contributed by atoms with Crippen molar-refractivity contribution in [1.29, 1.82) is 0 Å². The quantitative estimate of drug-likeness (QED) is 0.441. The van der Waals surface area contributed by atoms with Gasteiger partial charge in [0.2, 0.25) is 5.91 Å². The molecule has 6 nitrogen and oxygen atoms in total. The van der Waals surface area contributed by atoms with Crippen LogP contribution in [0.3, 0.4) is 0 Å². The van der Waals surface area contributed by atoms with Gasteiger partial charge in [0, 0.05) is 28.4 Å². The molecule has 0 radical (unpaired) electrons. The van der Waals surface area contributed by atoms with Gasteiger partial charge in [-0.2, -0.15) is 0 Å². The van der Waals surface area contributed by atoms with Crippen molar-refractivity contribution in [3.8, 4) is 0 Å². The molecule has 0 aliphatic carbocycles. The molecule has 7 heteroatoms. The van der Waals surface area contributed by atoms with E-state index in [1.165, 1.54) is 11.3 Å². The van der Waals surface area contributed by atoms with Crippen LogP contribution in [0, 0.1) is 0 Å². The minimum atomic E-state index is -0.112. The van der Waals surface area contributed by atoms with E-state index in [1.54, 1.807) is 4.40 Å². The number of rotatable bonds is 4. The average Bonchev–Trinajstić information content (AvgIpc) is 3.46. The molecular weight excluding hydrogens is 432 g/mol. The smallest absolute Gasteiger partial charge is 0.274 e. The van der Waals surface area contributed by atoms with Gasteiger partial charge >= 0.3 is 0 Å². The van der Waals surface area contributed by atoms with Gasteiger partial charge in [-0.3, -0.25) is 9.59 Å². The van der Waals surface area contributed by atoms with E-state index in [1.807, 2.05) is 95.7 Å². The van der Waals surface area contributed by atoms with Crippen molar-refractivity contribution in [2.45, 2.75) is 6.54 Å². The fourth-order valence-electron chi connectivity index (χ4n) is 4.15. The van der Waals surface area contributed by atoms with E-state index in [0.29, 0.717) is 9.49 Å². The number of amides is 1. The van der Waals surface area contributed by atoms with Gasteiger partial charge in [-0.05, 0) is 36.4 Å². The molecule has 0 saturated heterocycles. The second-order valence-electron chi connectivity index (χ2n) is 7.78. The Kier molecular flexibility index (Phi) is 4.55. The normalized spacial score (nSPS) is 12.2. The largest absolute Gasteiger partial charge is 0.337 e. The van der Waals surface area contributed by atoms with Crippen molar-refractivity contribution < 1.29 is 4.79 Å². The summed E-state index contributed by atoms with van der Waals surface area (Å²) in [4.78, 5) is 31.1. The first-order valence-corrected chi connectivity index (χ1v) is 11.3. The van der Waals surface area contributed by atoms with E-state index in [4.69, 9.17) is 0 Å². The summed E-state index contributed by atoms with van der Waals surface area (Å²) in [5.74, 6) is -0.112. The summed E-state index contributed by atoms with van der Waals surface area (Å²) in [6.45, 7) is 0.172. The number of nitrogens with zero attached hydrogens (tertiary/aromatic N) is 3. The topological polar surface area (TPSA) is 68.4 Å². The number of fused-ring (bicyclic) bond motifs is 4. The van der Waals surface area contributed by atoms with Crippen LogP contribution in [0.25, 0.3) is 33.0 Å². The van der Waals surface area contributed by atoms with Gasteiger partial charge in [0.25, 0.3) is 5.56 Å². The maximum Gasteiger partial charge on any atom is 0.274 e. The molecule has 0 saturated carbocycles. The number of hydrogen-bond acceptors (Lipinski definition) is 4. The fourth-order valence-corrected chi connectivity index (χ4v) is 5.13. The monoisotopic (exact) mass is 450 g/mol. The minimum absolute atomic E-state index is 0.0812. The molecule has 1 N–H and O–H groups in total. The molecule has 0 bridgehead atoms. The van der Waals surface area contributed by atoms with Crippen LogP contribution in [-0.4, -0.2) is 19.9 Å². The summed E-state index contributed by atoms with van der Waals surface area (Å²) >= 11 is 1.37. The number of carbonyl (C=O) groups excluding carboxylic acids is 1. The summed E-state index contributed by atoms with van der Waals surface area (Å²) in [5.41, 5.74) is 4.13. The maximum absolute atomic E-state index is 13.2. The summed E-state index contributed by atoms with van der Waals surface area (Å²) in [6.07, 6.45) is 3.82. The maximum atomic E-state index is 13.2. The first kappa shape index (κ1) is 19.5. The van der Waals surface area contributed by atoms with E-state index in [9.17, 15) is 9.59 Å². The lowest BCUT2D eigenvalue weighted by atomic mass is 10.2. The van der Waals surface area contributed by atoms with Crippen molar-refractivity contribution in [2.24, 2.45) is 0 Å². The zero-order chi connectivity index (χ0) is 22.4. The first-order valence-electron chi connectivity index (χ1n) is 10.5. The number of imidazole rings is 1. The third-order valence-electron chi connectivity index (χ3n) is 5.62. The molecule has 3 aromatic heterocycles. The molecule has 0 aliphatic heterocycles. The van der Waals surface area contributed by atoms with Gasteiger partial charge in [0.15, 0.2) is 4.96 Å². The molecule has 6 rings (SSSR count). The Hall–Kier alpha value is -4.23. The highest BCUT2D eigenvalue weighted by molar-refractivity contribution is 7.15. The second kappa shape index (κ2) is 7.72. The van der Waals surface area contributed by atoms with Gasteiger partial charge in [0.05, 0.1) is 15.6 Å². The molecule has 1 amide bonds. The van der Waals surface area contributed by atoms with Crippen LogP contribution in [-0.2, 0) is 11.3 Å². The van der Waals surface area contributed by atoms with Gasteiger partial charge in [-0.15, -0.1) is 0 Å². The summed E-state index contributed by atoms with van der Waals surface area (Å²) in [6, 6.07) is 24.9. The molecule has 0 atom stereocenters. The Labute approximate surface area is 192 Å². The highest BCUT2D eigenvalue weighted by atomic mass is 32.1. The van der Waals surface area contributed by atoms with Gasteiger partial charge < -0.3 is 9.88 Å². The SMILES string of the molecule is O=C(Cn1cc(C=c2sc3nc4ccccc4n3c2=O)c2ccccc21)Nc1ccccc1. The molecule has 3 heterocycles. The average molecular weight is 451 g/mol. The Morgan fingerprint density at radius 2 is 1.67 bits per heavy atom. The number of nitrogens with one attached hydrogen (secondary N) is 1. The molecule has 33 heavy (non-hydrogen) atoms. The first-order chi connectivity index (χ1) is 16.2. The van der Waals surface area contributed by atoms with Crippen LogP contribution in [0.4, 0.5) is 5.69 Å². The second-order valence-corrected chi connectivity index (χ2v) is 8.79. The molecule has 0 fully saturated rings.